The van der Waals surface area contributed by atoms with E-state index >= 15 is 0 Å². The van der Waals surface area contributed by atoms with Crippen LogP contribution >= 0.6 is 0 Å². The number of aromatic nitrogens is 2. The van der Waals surface area contributed by atoms with Crippen molar-refractivity contribution in [2.24, 2.45) is 0 Å². The molecule has 3 N–H and O–H groups in total. The van der Waals surface area contributed by atoms with E-state index in [0.717, 1.165) is 17.1 Å². The van der Waals surface area contributed by atoms with Gasteiger partial charge in [-0.3, -0.25) is 5.10 Å². The molecule has 6 nitrogen and oxygen atoms in total. The van der Waals surface area contributed by atoms with Gasteiger partial charge in [-0.2, -0.15) is 5.10 Å². The molecular weight excluding hydrogens is 316 g/mol. The molecule has 1 heterocycles. The molecule has 1 unspecified atom stereocenters. The van der Waals surface area contributed by atoms with Crippen LogP contribution in [0.4, 0.5) is 5.69 Å². The second-order valence-corrected chi connectivity index (χ2v) is 7.63. The van der Waals surface area contributed by atoms with E-state index in [-0.39, 0.29) is 12.0 Å². The number of ether oxygens (including phenoxy) is 1. The van der Waals surface area contributed by atoms with Gasteiger partial charge in [0.05, 0.1) is 6.20 Å². The summed E-state index contributed by atoms with van der Waals surface area (Å²) >= 11 is 0. The predicted molar refractivity (Wildman–Crippen MR) is 101 cm³/mol. The molecule has 2 rings (SSSR count). The molecule has 1 atom stereocenters. The minimum Gasteiger partial charge on any atom is -0.491 e. The Bertz CT molecular complexity index is 644. The number of nitrogens with zero attached hydrogens (tertiary/aromatic N) is 2. The Morgan fingerprint density at radius 1 is 1.24 bits per heavy atom. The summed E-state index contributed by atoms with van der Waals surface area (Å²) in [5.74, 6) is 0.752. The van der Waals surface area contributed by atoms with E-state index in [1.165, 1.54) is 5.56 Å². The van der Waals surface area contributed by atoms with Crippen molar-refractivity contribution in [1.82, 2.24) is 15.1 Å². The van der Waals surface area contributed by atoms with Crippen molar-refractivity contribution < 1.29 is 9.84 Å². The van der Waals surface area contributed by atoms with Crippen LogP contribution in [0.25, 0.3) is 0 Å². The zero-order chi connectivity index (χ0) is 18.4. The Morgan fingerprint density at radius 3 is 2.52 bits per heavy atom. The fraction of sp³-hybridized carbons (Fsp3) is 0.526. The zero-order valence-electron chi connectivity index (χ0n) is 15.8. The SMILES string of the molecule is CN(C)CC(O)COc1ccc(NCc2cn[nH]c2C(C)(C)C)cc1. The van der Waals surface area contributed by atoms with Crippen molar-refractivity contribution in [3.8, 4) is 5.75 Å². The van der Waals surface area contributed by atoms with Gasteiger partial charge in [0, 0.05) is 35.4 Å². The normalized spacial score (nSPS) is 13.1. The minimum atomic E-state index is -0.496. The number of anilines is 1. The number of hydrogen-bond acceptors (Lipinski definition) is 5. The third-order valence-electron chi connectivity index (χ3n) is 3.82. The lowest BCUT2D eigenvalue weighted by molar-refractivity contribution is 0.0831. The summed E-state index contributed by atoms with van der Waals surface area (Å²) in [5.41, 5.74) is 3.37. The number of nitrogens with one attached hydrogen (secondary N) is 2. The quantitative estimate of drug-likeness (QED) is 0.685. The third kappa shape index (κ3) is 6.07. The molecule has 0 aliphatic carbocycles. The second-order valence-electron chi connectivity index (χ2n) is 7.63. The monoisotopic (exact) mass is 346 g/mol. The highest BCUT2D eigenvalue weighted by molar-refractivity contribution is 5.47. The number of H-pyrrole nitrogens is 1. The lowest BCUT2D eigenvalue weighted by Gasteiger charge is -2.19. The van der Waals surface area contributed by atoms with Gasteiger partial charge in [-0.05, 0) is 38.4 Å². The van der Waals surface area contributed by atoms with Crippen molar-refractivity contribution in [3.63, 3.8) is 0 Å². The Kier molecular flexibility index (Phi) is 6.45. The molecule has 0 amide bonds. The average molecular weight is 346 g/mol. The molecule has 0 saturated carbocycles. The standard InChI is InChI=1S/C19H30N4O2/c1-19(2,3)18-14(11-21-22-18)10-20-15-6-8-17(9-7-15)25-13-16(24)12-23(4)5/h6-9,11,16,20,24H,10,12-13H2,1-5H3,(H,21,22). The predicted octanol–water partition coefficient (Wildman–Crippen LogP) is 2.62. The van der Waals surface area contributed by atoms with Gasteiger partial charge < -0.3 is 20.1 Å². The van der Waals surface area contributed by atoms with E-state index < -0.39 is 6.10 Å². The molecule has 0 aliphatic heterocycles. The van der Waals surface area contributed by atoms with E-state index in [1.807, 2.05) is 49.5 Å². The number of rotatable bonds is 8. The first-order valence-corrected chi connectivity index (χ1v) is 8.58. The van der Waals surface area contributed by atoms with E-state index in [0.29, 0.717) is 13.1 Å². The van der Waals surface area contributed by atoms with E-state index in [1.54, 1.807) is 0 Å². The zero-order valence-corrected chi connectivity index (χ0v) is 15.8. The first-order chi connectivity index (χ1) is 11.8. The molecule has 25 heavy (non-hydrogen) atoms. The van der Waals surface area contributed by atoms with Gasteiger partial charge in [-0.1, -0.05) is 20.8 Å². The van der Waals surface area contributed by atoms with Gasteiger partial charge in [-0.25, -0.2) is 0 Å². The molecule has 0 spiro atoms. The summed E-state index contributed by atoms with van der Waals surface area (Å²) in [4.78, 5) is 1.93. The van der Waals surface area contributed by atoms with Crippen LogP contribution in [0.15, 0.2) is 30.5 Å². The lowest BCUT2D eigenvalue weighted by Crippen LogP contribution is -2.30. The molecular formula is C19H30N4O2. The molecule has 6 heteroatoms. The van der Waals surface area contributed by atoms with Gasteiger partial charge in [0.2, 0.25) is 0 Å². The van der Waals surface area contributed by atoms with Crippen molar-refractivity contribution in [1.29, 1.82) is 0 Å². The van der Waals surface area contributed by atoms with Crippen molar-refractivity contribution in [3.05, 3.63) is 41.7 Å². The molecule has 0 saturated heterocycles. The summed E-state index contributed by atoms with van der Waals surface area (Å²) in [6, 6.07) is 7.77. The van der Waals surface area contributed by atoms with Crippen LogP contribution in [0.1, 0.15) is 32.0 Å². The Labute approximate surface area is 150 Å². The van der Waals surface area contributed by atoms with Gasteiger partial charge in [0.25, 0.3) is 0 Å². The van der Waals surface area contributed by atoms with Crippen LogP contribution in [0.2, 0.25) is 0 Å². The summed E-state index contributed by atoms with van der Waals surface area (Å²) in [7, 11) is 3.85. The maximum absolute atomic E-state index is 9.83. The third-order valence-corrected chi connectivity index (χ3v) is 3.82. The summed E-state index contributed by atoms with van der Waals surface area (Å²) in [5, 5.41) is 20.5. The number of aliphatic hydroxyl groups excluding tert-OH is 1. The first kappa shape index (κ1) is 19.3. The fourth-order valence-electron chi connectivity index (χ4n) is 2.63. The summed E-state index contributed by atoms with van der Waals surface area (Å²) < 4.78 is 5.62. The number of aliphatic hydroxyl groups is 1. The van der Waals surface area contributed by atoms with Crippen LogP contribution < -0.4 is 10.1 Å². The molecule has 138 valence electrons. The topological polar surface area (TPSA) is 73.4 Å². The largest absolute Gasteiger partial charge is 0.491 e. The number of aromatic amines is 1. The van der Waals surface area contributed by atoms with Crippen LogP contribution in [0.3, 0.4) is 0 Å². The van der Waals surface area contributed by atoms with Gasteiger partial charge in [0.15, 0.2) is 0 Å². The fourth-order valence-corrected chi connectivity index (χ4v) is 2.63. The van der Waals surface area contributed by atoms with Crippen LogP contribution in [-0.4, -0.2) is 53.6 Å². The number of likely N-dealkylation sites (N-methyl/N-ethyl adjacent to an activating group) is 1. The number of hydrogen-bond donors (Lipinski definition) is 3. The summed E-state index contributed by atoms with van der Waals surface area (Å²) in [6.45, 7) is 8.09. The van der Waals surface area contributed by atoms with Gasteiger partial charge in [-0.15, -0.1) is 0 Å². The second kappa shape index (κ2) is 8.36. The molecule has 1 aromatic carbocycles. The minimum absolute atomic E-state index is 0.0403. The highest BCUT2D eigenvalue weighted by Crippen LogP contribution is 2.24. The molecule has 0 bridgehead atoms. The molecule has 1 aromatic heterocycles. The van der Waals surface area contributed by atoms with E-state index in [4.69, 9.17) is 4.74 Å². The smallest absolute Gasteiger partial charge is 0.119 e. The molecule has 0 aliphatic rings. The van der Waals surface area contributed by atoms with Crippen LogP contribution in [0, 0.1) is 0 Å². The number of benzene rings is 1. The maximum atomic E-state index is 9.83. The van der Waals surface area contributed by atoms with E-state index in [2.05, 4.69) is 36.3 Å². The molecule has 0 fully saturated rings. The molecule has 2 aromatic rings. The molecule has 0 radical (unpaired) electrons. The Balaban J connectivity index is 1.86. The summed E-state index contributed by atoms with van der Waals surface area (Å²) in [6.07, 6.45) is 1.38. The lowest BCUT2D eigenvalue weighted by atomic mass is 9.89. The van der Waals surface area contributed by atoms with Crippen LogP contribution in [0.5, 0.6) is 5.75 Å². The van der Waals surface area contributed by atoms with Crippen molar-refractivity contribution >= 4 is 5.69 Å². The Morgan fingerprint density at radius 2 is 1.92 bits per heavy atom. The van der Waals surface area contributed by atoms with E-state index in [9.17, 15) is 5.11 Å². The van der Waals surface area contributed by atoms with Gasteiger partial charge in [0.1, 0.15) is 18.5 Å². The van der Waals surface area contributed by atoms with Crippen molar-refractivity contribution in [2.45, 2.75) is 38.8 Å². The highest BCUT2D eigenvalue weighted by atomic mass is 16.5. The van der Waals surface area contributed by atoms with Crippen LogP contribution in [-0.2, 0) is 12.0 Å². The van der Waals surface area contributed by atoms with Crippen molar-refractivity contribution in [2.75, 3.05) is 32.6 Å². The first-order valence-electron chi connectivity index (χ1n) is 8.58. The maximum Gasteiger partial charge on any atom is 0.119 e. The highest BCUT2D eigenvalue weighted by Gasteiger charge is 2.19. The van der Waals surface area contributed by atoms with Gasteiger partial charge >= 0.3 is 0 Å². The Hall–Kier alpha value is -2.05. The average Bonchev–Trinajstić information content (AvgIpc) is 3.00.